The van der Waals surface area contributed by atoms with Crippen molar-refractivity contribution in [3.8, 4) is 11.5 Å². The largest absolute Gasteiger partial charge is 0.508 e. The van der Waals surface area contributed by atoms with Crippen LogP contribution in [0.25, 0.3) is 0 Å². The van der Waals surface area contributed by atoms with Gasteiger partial charge in [-0.25, -0.2) is 0 Å². The van der Waals surface area contributed by atoms with Gasteiger partial charge in [0.2, 0.25) is 0 Å². The molecule has 1 amide bonds. The number of benzene rings is 3. The summed E-state index contributed by atoms with van der Waals surface area (Å²) < 4.78 is 16.5. The highest BCUT2D eigenvalue weighted by Gasteiger charge is 2.12. The van der Waals surface area contributed by atoms with E-state index in [1.165, 1.54) is 13.0 Å². The van der Waals surface area contributed by atoms with E-state index >= 15 is 0 Å². The molecule has 0 aliphatic carbocycles. The Morgan fingerprint density at radius 1 is 0.905 bits per heavy atom. The molecule has 9 heteroatoms. The maximum absolute atomic E-state index is 12.3. The standard InChI is InChI=1S/C33H42N2O7/c1-23(2)19-35-33(39)28-6-4-5-26(17-28)21-40-15-16-41-30-10-7-25(8-11-30)13-14-34-20-32(38)27-9-12-31(37)29(18-27)22-42-24(3)36/h4-12,17-18,23,32,34,37-38H,13-16,19-22H2,1-3H3,(H,35,39)/t32-/m0/s1. The van der Waals surface area contributed by atoms with Crippen LogP contribution in [0.5, 0.6) is 11.5 Å². The Hall–Kier alpha value is -3.92. The lowest BCUT2D eigenvalue weighted by Crippen LogP contribution is -2.27. The van der Waals surface area contributed by atoms with Gasteiger partial charge in [0.05, 0.1) is 19.3 Å². The van der Waals surface area contributed by atoms with Crippen LogP contribution in [0.2, 0.25) is 0 Å². The Labute approximate surface area is 247 Å². The lowest BCUT2D eigenvalue weighted by Gasteiger charge is -2.14. The molecule has 0 spiro atoms. The van der Waals surface area contributed by atoms with Crippen LogP contribution in [-0.2, 0) is 33.9 Å². The number of aliphatic hydroxyl groups excluding tert-OH is 1. The highest BCUT2D eigenvalue weighted by Crippen LogP contribution is 2.23. The number of rotatable bonds is 17. The number of aliphatic hydroxyl groups is 1. The summed E-state index contributed by atoms with van der Waals surface area (Å²) in [6.45, 7) is 8.26. The van der Waals surface area contributed by atoms with Crippen LogP contribution < -0.4 is 15.4 Å². The molecule has 0 radical (unpaired) electrons. The third-order valence-electron chi connectivity index (χ3n) is 6.40. The normalized spacial score (nSPS) is 11.7. The van der Waals surface area contributed by atoms with Gasteiger partial charge in [0.1, 0.15) is 24.7 Å². The van der Waals surface area contributed by atoms with E-state index in [9.17, 15) is 19.8 Å². The first-order valence-electron chi connectivity index (χ1n) is 14.2. The van der Waals surface area contributed by atoms with Gasteiger partial charge < -0.3 is 35.1 Å². The van der Waals surface area contributed by atoms with Crippen molar-refractivity contribution in [3.05, 3.63) is 94.5 Å². The number of phenolic OH excluding ortho intramolecular Hbond substituents is 1. The lowest BCUT2D eigenvalue weighted by molar-refractivity contribution is -0.142. The summed E-state index contributed by atoms with van der Waals surface area (Å²) in [5, 5.41) is 26.6. The van der Waals surface area contributed by atoms with Gasteiger partial charge in [-0.1, -0.05) is 44.2 Å². The van der Waals surface area contributed by atoms with E-state index in [1.807, 2.05) is 42.5 Å². The van der Waals surface area contributed by atoms with Gasteiger partial charge >= 0.3 is 5.97 Å². The monoisotopic (exact) mass is 578 g/mol. The maximum Gasteiger partial charge on any atom is 0.302 e. The van der Waals surface area contributed by atoms with Gasteiger partial charge in [0.15, 0.2) is 0 Å². The summed E-state index contributed by atoms with van der Waals surface area (Å²) in [5.41, 5.74) is 3.77. The number of esters is 1. The van der Waals surface area contributed by atoms with Gasteiger partial charge in [0, 0.05) is 31.1 Å². The molecule has 0 aromatic heterocycles. The number of hydrogen-bond donors (Lipinski definition) is 4. The number of hydrogen-bond acceptors (Lipinski definition) is 8. The topological polar surface area (TPSA) is 126 Å². The first-order chi connectivity index (χ1) is 20.2. The summed E-state index contributed by atoms with van der Waals surface area (Å²) in [4.78, 5) is 23.3. The van der Waals surface area contributed by atoms with Crippen molar-refractivity contribution in [2.45, 2.75) is 46.5 Å². The Balaban J connectivity index is 1.32. The number of nitrogens with one attached hydrogen (secondary N) is 2. The van der Waals surface area contributed by atoms with Crippen LogP contribution in [0.4, 0.5) is 0 Å². The molecule has 42 heavy (non-hydrogen) atoms. The average molecular weight is 579 g/mol. The Bertz CT molecular complexity index is 1280. The van der Waals surface area contributed by atoms with E-state index in [0.717, 1.165) is 23.3 Å². The van der Waals surface area contributed by atoms with Gasteiger partial charge in [0.25, 0.3) is 5.91 Å². The summed E-state index contributed by atoms with van der Waals surface area (Å²) in [5.74, 6) is 0.660. The number of ether oxygens (including phenoxy) is 3. The first kappa shape index (κ1) is 32.6. The average Bonchev–Trinajstić information content (AvgIpc) is 2.98. The molecule has 3 rings (SSSR count). The number of aromatic hydroxyl groups is 1. The quantitative estimate of drug-likeness (QED) is 0.138. The molecule has 3 aromatic rings. The zero-order valence-electron chi connectivity index (χ0n) is 24.6. The third kappa shape index (κ3) is 11.5. The fourth-order valence-corrected chi connectivity index (χ4v) is 4.06. The molecule has 0 unspecified atom stereocenters. The van der Waals surface area contributed by atoms with Crippen molar-refractivity contribution in [1.29, 1.82) is 0 Å². The number of carbonyl (C=O) groups excluding carboxylic acids is 2. The lowest BCUT2D eigenvalue weighted by atomic mass is 10.1. The molecule has 0 fully saturated rings. The minimum Gasteiger partial charge on any atom is -0.508 e. The smallest absolute Gasteiger partial charge is 0.302 e. The minimum absolute atomic E-state index is 0.0188. The van der Waals surface area contributed by atoms with E-state index in [-0.39, 0.29) is 18.3 Å². The second-order valence-electron chi connectivity index (χ2n) is 10.5. The van der Waals surface area contributed by atoms with Crippen LogP contribution in [0.3, 0.4) is 0 Å². The Kier molecular flexibility index (Phi) is 13.3. The SMILES string of the molecule is CC(=O)OCc1cc([C@@H](O)CNCCc2ccc(OCCOCc3cccc(C(=O)NCC(C)C)c3)cc2)ccc1O. The first-order valence-corrected chi connectivity index (χ1v) is 14.2. The zero-order valence-corrected chi connectivity index (χ0v) is 24.6. The van der Waals surface area contributed by atoms with Crippen molar-refractivity contribution < 1.29 is 34.0 Å². The molecule has 0 saturated heterocycles. The molecule has 0 aliphatic heterocycles. The molecule has 0 saturated carbocycles. The molecular formula is C33H42N2O7. The maximum atomic E-state index is 12.3. The van der Waals surface area contributed by atoms with Crippen molar-refractivity contribution >= 4 is 11.9 Å². The summed E-state index contributed by atoms with van der Waals surface area (Å²) in [6, 6.07) is 20.1. The van der Waals surface area contributed by atoms with Crippen LogP contribution in [0.15, 0.2) is 66.7 Å². The Morgan fingerprint density at radius 2 is 1.69 bits per heavy atom. The summed E-state index contributed by atoms with van der Waals surface area (Å²) in [6.07, 6.45) is 0.00984. The second kappa shape index (κ2) is 17.1. The van der Waals surface area contributed by atoms with E-state index in [2.05, 4.69) is 24.5 Å². The van der Waals surface area contributed by atoms with Crippen LogP contribution in [0.1, 0.15) is 59.5 Å². The molecule has 4 N–H and O–H groups in total. The van der Waals surface area contributed by atoms with Crippen molar-refractivity contribution in [2.75, 3.05) is 32.8 Å². The summed E-state index contributed by atoms with van der Waals surface area (Å²) in [7, 11) is 0. The van der Waals surface area contributed by atoms with Crippen molar-refractivity contribution in [1.82, 2.24) is 10.6 Å². The summed E-state index contributed by atoms with van der Waals surface area (Å²) >= 11 is 0. The fraction of sp³-hybridized carbons (Fsp3) is 0.394. The van der Waals surface area contributed by atoms with Crippen molar-refractivity contribution in [2.24, 2.45) is 5.92 Å². The highest BCUT2D eigenvalue weighted by molar-refractivity contribution is 5.94. The van der Waals surface area contributed by atoms with Crippen LogP contribution in [0, 0.1) is 5.92 Å². The molecule has 0 heterocycles. The Morgan fingerprint density at radius 3 is 2.43 bits per heavy atom. The van der Waals surface area contributed by atoms with E-state index in [0.29, 0.717) is 62.1 Å². The van der Waals surface area contributed by atoms with Crippen molar-refractivity contribution in [3.63, 3.8) is 0 Å². The van der Waals surface area contributed by atoms with Crippen LogP contribution in [-0.4, -0.2) is 54.9 Å². The molecule has 0 bridgehead atoms. The molecule has 226 valence electrons. The van der Waals surface area contributed by atoms with Gasteiger partial charge in [-0.2, -0.15) is 0 Å². The fourth-order valence-electron chi connectivity index (χ4n) is 4.06. The zero-order chi connectivity index (χ0) is 30.3. The van der Waals surface area contributed by atoms with Gasteiger partial charge in [-0.3, -0.25) is 9.59 Å². The number of carbonyl (C=O) groups is 2. The van der Waals surface area contributed by atoms with E-state index in [4.69, 9.17) is 14.2 Å². The number of phenols is 1. The predicted octanol–water partition coefficient (Wildman–Crippen LogP) is 4.30. The van der Waals surface area contributed by atoms with Gasteiger partial charge in [-0.15, -0.1) is 0 Å². The molecule has 3 aromatic carbocycles. The minimum atomic E-state index is -0.766. The molecule has 0 aliphatic rings. The molecule has 1 atom stereocenters. The van der Waals surface area contributed by atoms with E-state index < -0.39 is 12.1 Å². The van der Waals surface area contributed by atoms with Gasteiger partial charge in [-0.05, 0) is 72.0 Å². The molecular weight excluding hydrogens is 536 g/mol. The molecule has 9 nitrogen and oxygen atoms in total. The van der Waals surface area contributed by atoms with Crippen LogP contribution >= 0.6 is 0 Å². The van der Waals surface area contributed by atoms with E-state index in [1.54, 1.807) is 18.2 Å². The third-order valence-corrected chi connectivity index (χ3v) is 6.40. The number of amides is 1. The second-order valence-corrected chi connectivity index (χ2v) is 10.5. The highest BCUT2D eigenvalue weighted by atomic mass is 16.5. The predicted molar refractivity (Wildman–Crippen MR) is 160 cm³/mol.